The number of phenolic OH excluding ortho intramolecular Hbond substituents is 1. The Kier molecular flexibility index (Phi) is 3.89. The van der Waals surface area contributed by atoms with E-state index in [4.69, 9.17) is 5.73 Å². The first kappa shape index (κ1) is 12.9. The van der Waals surface area contributed by atoms with Crippen LogP contribution in [0.2, 0.25) is 0 Å². The summed E-state index contributed by atoms with van der Waals surface area (Å²) < 4.78 is 0.995. The largest absolute Gasteiger partial charge is 0.508 e. The maximum absolute atomic E-state index is 9.53. The molecule has 0 saturated heterocycles. The molecule has 0 bridgehead atoms. The summed E-state index contributed by atoms with van der Waals surface area (Å²) in [5.41, 5.74) is 8.78. The fraction of sp³-hybridized carbons (Fsp3) is 0.143. The topological polar surface area (TPSA) is 49.5 Å². The van der Waals surface area contributed by atoms with Gasteiger partial charge < -0.3 is 15.7 Å². The van der Waals surface area contributed by atoms with E-state index in [1.54, 1.807) is 12.1 Å². The number of hydrogen-bond acceptors (Lipinski definition) is 3. The molecule has 4 heteroatoms. The van der Waals surface area contributed by atoms with Crippen molar-refractivity contribution in [1.29, 1.82) is 0 Å². The Morgan fingerprint density at radius 1 is 1.22 bits per heavy atom. The van der Waals surface area contributed by atoms with Gasteiger partial charge >= 0.3 is 0 Å². The highest BCUT2D eigenvalue weighted by atomic mass is 79.9. The van der Waals surface area contributed by atoms with Gasteiger partial charge in [0.25, 0.3) is 0 Å². The van der Waals surface area contributed by atoms with E-state index < -0.39 is 0 Å². The third kappa shape index (κ3) is 2.49. The standard InChI is InChI=1S/C14H15BrN2O/c1-17(10-4-2-5-11(18)8-10)14-7-3-6-13(15)12(14)9-16/h2-8,18H,9,16H2,1H3. The van der Waals surface area contributed by atoms with Crippen LogP contribution in [0.15, 0.2) is 46.9 Å². The monoisotopic (exact) mass is 306 g/mol. The molecule has 0 spiro atoms. The molecule has 0 saturated carbocycles. The van der Waals surface area contributed by atoms with Gasteiger partial charge in [-0.2, -0.15) is 0 Å². The van der Waals surface area contributed by atoms with Gasteiger partial charge in [0.1, 0.15) is 5.75 Å². The average Bonchev–Trinajstić information content (AvgIpc) is 2.37. The predicted octanol–water partition coefficient (Wildman–Crippen LogP) is 3.38. The van der Waals surface area contributed by atoms with E-state index in [0.29, 0.717) is 6.54 Å². The van der Waals surface area contributed by atoms with Crippen molar-refractivity contribution < 1.29 is 5.11 Å². The summed E-state index contributed by atoms with van der Waals surface area (Å²) in [5, 5.41) is 9.53. The number of anilines is 2. The lowest BCUT2D eigenvalue weighted by Crippen LogP contribution is -2.13. The quantitative estimate of drug-likeness (QED) is 0.914. The number of aromatic hydroxyl groups is 1. The first-order chi connectivity index (χ1) is 8.63. The van der Waals surface area contributed by atoms with Crippen LogP contribution >= 0.6 is 15.9 Å². The van der Waals surface area contributed by atoms with Gasteiger partial charge in [-0.05, 0) is 24.3 Å². The number of halogens is 1. The number of benzene rings is 2. The van der Waals surface area contributed by atoms with Crippen molar-refractivity contribution in [2.75, 3.05) is 11.9 Å². The Hall–Kier alpha value is -1.52. The fourth-order valence-corrected chi connectivity index (χ4v) is 2.42. The second kappa shape index (κ2) is 5.42. The van der Waals surface area contributed by atoms with Crippen LogP contribution in [-0.2, 0) is 6.54 Å². The highest BCUT2D eigenvalue weighted by Gasteiger charge is 2.11. The number of hydrogen-bond donors (Lipinski definition) is 2. The zero-order valence-corrected chi connectivity index (χ0v) is 11.7. The molecule has 0 aliphatic heterocycles. The normalized spacial score (nSPS) is 10.4. The molecule has 0 atom stereocenters. The third-order valence-electron chi connectivity index (χ3n) is 2.88. The van der Waals surface area contributed by atoms with Crippen molar-refractivity contribution in [1.82, 2.24) is 0 Å². The maximum atomic E-state index is 9.53. The summed E-state index contributed by atoms with van der Waals surface area (Å²) in [6.45, 7) is 0.458. The Morgan fingerprint density at radius 2 is 1.94 bits per heavy atom. The van der Waals surface area contributed by atoms with Crippen LogP contribution in [0.5, 0.6) is 5.75 Å². The van der Waals surface area contributed by atoms with Gasteiger partial charge in [0.2, 0.25) is 0 Å². The van der Waals surface area contributed by atoms with Gasteiger partial charge in [-0.3, -0.25) is 0 Å². The Balaban J connectivity index is 2.46. The summed E-state index contributed by atoms with van der Waals surface area (Å²) in [6, 6.07) is 13.1. The molecule has 2 aromatic rings. The van der Waals surface area contributed by atoms with Crippen LogP contribution in [0.1, 0.15) is 5.56 Å². The Morgan fingerprint density at radius 3 is 2.61 bits per heavy atom. The lowest BCUT2D eigenvalue weighted by Gasteiger charge is -2.23. The van der Waals surface area contributed by atoms with Gasteiger partial charge in [-0.15, -0.1) is 0 Å². The van der Waals surface area contributed by atoms with Crippen molar-refractivity contribution in [2.45, 2.75) is 6.54 Å². The molecular weight excluding hydrogens is 292 g/mol. The molecule has 18 heavy (non-hydrogen) atoms. The smallest absolute Gasteiger partial charge is 0.117 e. The average molecular weight is 307 g/mol. The minimum Gasteiger partial charge on any atom is -0.508 e. The van der Waals surface area contributed by atoms with Crippen LogP contribution in [0, 0.1) is 0 Å². The van der Waals surface area contributed by atoms with E-state index in [0.717, 1.165) is 21.4 Å². The summed E-state index contributed by atoms with van der Waals surface area (Å²) in [4.78, 5) is 2.01. The van der Waals surface area contributed by atoms with E-state index in [-0.39, 0.29) is 5.75 Å². The lowest BCUT2D eigenvalue weighted by molar-refractivity contribution is 0.475. The van der Waals surface area contributed by atoms with Crippen molar-refractivity contribution in [2.24, 2.45) is 5.73 Å². The fourth-order valence-electron chi connectivity index (χ4n) is 1.90. The molecular formula is C14H15BrN2O. The van der Waals surface area contributed by atoms with E-state index in [9.17, 15) is 5.11 Å². The van der Waals surface area contributed by atoms with Gasteiger partial charge in [-0.25, -0.2) is 0 Å². The van der Waals surface area contributed by atoms with E-state index in [2.05, 4.69) is 15.9 Å². The summed E-state index contributed by atoms with van der Waals surface area (Å²) in [7, 11) is 1.95. The van der Waals surface area contributed by atoms with Crippen LogP contribution in [0.25, 0.3) is 0 Å². The molecule has 0 aromatic heterocycles. The molecule has 2 rings (SSSR count). The zero-order valence-electron chi connectivity index (χ0n) is 10.1. The Labute approximate surface area is 115 Å². The first-order valence-electron chi connectivity index (χ1n) is 5.63. The van der Waals surface area contributed by atoms with Crippen molar-refractivity contribution in [3.05, 3.63) is 52.5 Å². The molecule has 94 valence electrons. The molecule has 0 unspecified atom stereocenters. The van der Waals surface area contributed by atoms with E-state index >= 15 is 0 Å². The second-order valence-electron chi connectivity index (χ2n) is 4.02. The van der Waals surface area contributed by atoms with Gasteiger partial charge in [0, 0.05) is 41.1 Å². The molecule has 0 fully saturated rings. The number of phenols is 1. The van der Waals surface area contributed by atoms with Crippen molar-refractivity contribution in [3.8, 4) is 5.75 Å². The highest BCUT2D eigenvalue weighted by Crippen LogP contribution is 2.32. The predicted molar refractivity (Wildman–Crippen MR) is 78.2 cm³/mol. The molecule has 0 heterocycles. The number of nitrogens with two attached hydrogens (primary N) is 1. The molecule has 0 aliphatic carbocycles. The van der Waals surface area contributed by atoms with Gasteiger partial charge in [0.05, 0.1) is 0 Å². The van der Waals surface area contributed by atoms with E-state index in [1.165, 1.54) is 0 Å². The van der Waals surface area contributed by atoms with Crippen LogP contribution in [0.4, 0.5) is 11.4 Å². The lowest BCUT2D eigenvalue weighted by atomic mass is 10.1. The van der Waals surface area contributed by atoms with Gasteiger partial charge in [-0.1, -0.05) is 28.1 Å². The second-order valence-corrected chi connectivity index (χ2v) is 4.87. The first-order valence-corrected chi connectivity index (χ1v) is 6.43. The molecule has 0 amide bonds. The third-order valence-corrected chi connectivity index (χ3v) is 3.62. The van der Waals surface area contributed by atoms with Crippen molar-refractivity contribution >= 4 is 27.3 Å². The summed E-state index contributed by atoms with van der Waals surface area (Å²) in [6.07, 6.45) is 0. The minimum absolute atomic E-state index is 0.253. The highest BCUT2D eigenvalue weighted by molar-refractivity contribution is 9.10. The van der Waals surface area contributed by atoms with Crippen LogP contribution in [-0.4, -0.2) is 12.2 Å². The molecule has 2 aromatic carbocycles. The maximum Gasteiger partial charge on any atom is 0.117 e. The van der Waals surface area contributed by atoms with Crippen LogP contribution in [0.3, 0.4) is 0 Å². The SMILES string of the molecule is CN(c1cccc(O)c1)c1cccc(Br)c1CN. The number of nitrogens with zero attached hydrogens (tertiary/aromatic N) is 1. The molecule has 0 aliphatic rings. The van der Waals surface area contributed by atoms with Crippen LogP contribution < -0.4 is 10.6 Å². The number of rotatable bonds is 3. The molecule has 0 radical (unpaired) electrons. The summed E-state index contributed by atoms with van der Waals surface area (Å²) >= 11 is 3.51. The zero-order chi connectivity index (χ0) is 13.1. The van der Waals surface area contributed by atoms with Gasteiger partial charge in [0.15, 0.2) is 0 Å². The van der Waals surface area contributed by atoms with E-state index in [1.807, 2.05) is 42.3 Å². The molecule has 3 nitrogen and oxygen atoms in total. The van der Waals surface area contributed by atoms with Crippen molar-refractivity contribution in [3.63, 3.8) is 0 Å². The minimum atomic E-state index is 0.253. The Bertz CT molecular complexity index is 557. The summed E-state index contributed by atoms with van der Waals surface area (Å²) in [5.74, 6) is 0.253. The molecule has 3 N–H and O–H groups in total.